The quantitative estimate of drug-likeness (QED) is 0.828. The second-order valence-electron chi connectivity index (χ2n) is 3.92. The molecule has 0 spiro atoms. The fraction of sp³-hybridized carbons (Fsp3) is 0.500. The third-order valence-electron chi connectivity index (χ3n) is 2.13. The highest BCUT2D eigenvalue weighted by Gasteiger charge is 2.02. The summed E-state index contributed by atoms with van der Waals surface area (Å²) in [7, 11) is 0.896. The average molecular weight is 241 g/mol. The predicted octanol–water partition coefficient (Wildman–Crippen LogP) is 2.01. The molecule has 0 bridgehead atoms. The summed E-state index contributed by atoms with van der Waals surface area (Å²) < 4.78 is 16.2. The number of anilines is 1. The van der Waals surface area contributed by atoms with Crippen molar-refractivity contribution in [1.29, 1.82) is 0 Å². The molecule has 2 atom stereocenters. The van der Waals surface area contributed by atoms with E-state index in [1.54, 1.807) is 13.4 Å². The lowest BCUT2D eigenvalue weighted by Gasteiger charge is -2.14. The first kappa shape index (κ1) is 13.2. The van der Waals surface area contributed by atoms with Crippen LogP contribution in [-0.2, 0) is 21.3 Å². The molecule has 0 radical (unpaired) electrons. The van der Waals surface area contributed by atoms with E-state index in [-0.39, 0.29) is 6.04 Å². The molecule has 0 aliphatic carbocycles. The Bertz CT molecular complexity index is 355. The number of ether oxygens (including phenoxy) is 1. The Morgan fingerprint density at radius 1 is 1.50 bits per heavy atom. The molecule has 2 unspecified atom stereocenters. The third-order valence-corrected chi connectivity index (χ3v) is 2.87. The van der Waals surface area contributed by atoms with Crippen molar-refractivity contribution in [2.75, 3.05) is 25.3 Å². The summed E-state index contributed by atoms with van der Waals surface area (Å²) in [4.78, 5) is 0. The van der Waals surface area contributed by atoms with E-state index in [1.807, 2.05) is 24.3 Å². The van der Waals surface area contributed by atoms with E-state index in [9.17, 15) is 4.21 Å². The van der Waals surface area contributed by atoms with E-state index in [2.05, 4.69) is 12.2 Å². The number of methoxy groups -OCH3 is 1. The maximum absolute atomic E-state index is 11.1. The van der Waals surface area contributed by atoms with Crippen LogP contribution in [0.5, 0.6) is 0 Å². The zero-order chi connectivity index (χ0) is 12.0. The molecule has 0 fully saturated rings. The summed E-state index contributed by atoms with van der Waals surface area (Å²) in [5.74, 6) is 0.605. The Labute approximate surface area is 99.7 Å². The van der Waals surface area contributed by atoms with Gasteiger partial charge in [-0.05, 0) is 24.6 Å². The van der Waals surface area contributed by atoms with Crippen LogP contribution in [0.2, 0.25) is 0 Å². The van der Waals surface area contributed by atoms with Crippen LogP contribution in [0.4, 0.5) is 5.69 Å². The number of hydrogen-bond acceptors (Lipinski definition) is 3. The first-order chi connectivity index (χ1) is 7.61. The predicted molar refractivity (Wildman–Crippen MR) is 69.2 cm³/mol. The van der Waals surface area contributed by atoms with Gasteiger partial charge in [0.15, 0.2) is 0 Å². The van der Waals surface area contributed by atoms with Crippen LogP contribution in [-0.4, -0.2) is 30.2 Å². The van der Waals surface area contributed by atoms with Gasteiger partial charge in [0.05, 0.1) is 6.61 Å². The van der Waals surface area contributed by atoms with Crippen LogP contribution >= 0.6 is 0 Å². The van der Waals surface area contributed by atoms with Gasteiger partial charge in [0.25, 0.3) is 0 Å². The lowest BCUT2D eigenvalue weighted by atomic mass is 10.2. The Morgan fingerprint density at radius 2 is 2.25 bits per heavy atom. The Balaban J connectivity index is 2.63. The molecule has 1 N–H and O–H groups in total. The molecular formula is C12H19NO2S. The lowest BCUT2D eigenvalue weighted by Crippen LogP contribution is -2.20. The summed E-state index contributed by atoms with van der Waals surface area (Å²) >= 11 is 0. The van der Waals surface area contributed by atoms with Crippen molar-refractivity contribution < 1.29 is 8.95 Å². The molecule has 0 heterocycles. The summed E-state index contributed by atoms with van der Waals surface area (Å²) in [6.07, 6.45) is 1.72. The molecule has 1 aromatic rings. The summed E-state index contributed by atoms with van der Waals surface area (Å²) in [5.41, 5.74) is 2.14. The molecule has 1 rings (SSSR count). The van der Waals surface area contributed by atoms with Gasteiger partial charge >= 0.3 is 0 Å². The minimum Gasteiger partial charge on any atom is -0.383 e. The molecule has 0 aliphatic rings. The van der Waals surface area contributed by atoms with Gasteiger partial charge < -0.3 is 10.1 Å². The van der Waals surface area contributed by atoms with Gasteiger partial charge in [-0.25, -0.2) is 0 Å². The molecule has 0 amide bonds. The van der Waals surface area contributed by atoms with Crippen molar-refractivity contribution in [3.63, 3.8) is 0 Å². The molecule has 16 heavy (non-hydrogen) atoms. The Morgan fingerprint density at radius 3 is 2.88 bits per heavy atom. The molecule has 4 heteroatoms. The topological polar surface area (TPSA) is 38.3 Å². The minimum absolute atomic E-state index is 0.271. The van der Waals surface area contributed by atoms with Gasteiger partial charge in [0.2, 0.25) is 0 Å². The van der Waals surface area contributed by atoms with E-state index in [0.717, 1.165) is 11.3 Å². The summed E-state index contributed by atoms with van der Waals surface area (Å²) in [6, 6.07) is 8.28. The van der Waals surface area contributed by atoms with Crippen molar-refractivity contribution in [1.82, 2.24) is 0 Å². The number of benzene rings is 1. The normalized spacial score (nSPS) is 14.4. The summed E-state index contributed by atoms with van der Waals surface area (Å²) in [6.45, 7) is 2.73. The minimum atomic E-state index is -0.793. The average Bonchev–Trinajstić information content (AvgIpc) is 2.17. The number of hydrogen-bond donors (Lipinski definition) is 1. The van der Waals surface area contributed by atoms with E-state index in [4.69, 9.17) is 4.74 Å². The van der Waals surface area contributed by atoms with E-state index in [1.165, 1.54) is 0 Å². The van der Waals surface area contributed by atoms with E-state index < -0.39 is 10.8 Å². The second kappa shape index (κ2) is 6.66. The number of rotatable bonds is 6. The Kier molecular flexibility index (Phi) is 5.49. The van der Waals surface area contributed by atoms with Gasteiger partial charge in [-0.1, -0.05) is 12.1 Å². The molecule has 3 nitrogen and oxygen atoms in total. The largest absolute Gasteiger partial charge is 0.383 e. The van der Waals surface area contributed by atoms with Crippen molar-refractivity contribution in [3.05, 3.63) is 29.8 Å². The van der Waals surface area contributed by atoms with E-state index >= 15 is 0 Å². The van der Waals surface area contributed by atoms with Gasteiger partial charge in [0.1, 0.15) is 0 Å². The molecular weight excluding hydrogens is 222 g/mol. The van der Waals surface area contributed by atoms with Crippen LogP contribution in [0.3, 0.4) is 0 Å². The monoisotopic (exact) mass is 241 g/mol. The van der Waals surface area contributed by atoms with Crippen LogP contribution in [0.15, 0.2) is 24.3 Å². The molecule has 0 saturated heterocycles. The fourth-order valence-electron chi connectivity index (χ4n) is 1.56. The highest BCUT2D eigenvalue weighted by molar-refractivity contribution is 7.83. The highest BCUT2D eigenvalue weighted by atomic mass is 32.2. The fourth-order valence-corrected chi connectivity index (χ4v) is 2.21. The van der Waals surface area contributed by atoms with Crippen LogP contribution in [0.1, 0.15) is 12.5 Å². The zero-order valence-electron chi connectivity index (χ0n) is 10.0. The molecule has 0 aromatic heterocycles. The van der Waals surface area contributed by atoms with Gasteiger partial charge in [-0.3, -0.25) is 4.21 Å². The highest BCUT2D eigenvalue weighted by Crippen LogP contribution is 2.13. The Hall–Kier alpha value is -0.870. The smallest absolute Gasteiger partial charge is 0.0661 e. The van der Waals surface area contributed by atoms with Gasteiger partial charge in [-0.15, -0.1) is 0 Å². The maximum atomic E-state index is 11.1. The summed E-state index contributed by atoms with van der Waals surface area (Å²) in [5, 5.41) is 3.33. The van der Waals surface area contributed by atoms with Gasteiger partial charge in [-0.2, -0.15) is 0 Å². The van der Waals surface area contributed by atoms with Crippen LogP contribution < -0.4 is 5.32 Å². The first-order valence-corrected chi connectivity index (χ1v) is 6.99. The molecule has 0 aliphatic heterocycles. The SMILES string of the molecule is COCC(C)Nc1cccc(CS(C)=O)c1. The molecule has 90 valence electrons. The van der Waals surface area contributed by atoms with Crippen LogP contribution in [0, 0.1) is 0 Å². The zero-order valence-corrected chi connectivity index (χ0v) is 10.8. The maximum Gasteiger partial charge on any atom is 0.0661 e. The van der Waals surface area contributed by atoms with Crippen molar-refractivity contribution in [2.24, 2.45) is 0 Å². The molecule has 0 saturated carbocycles. The third kappa shape index (κ3) is 4.77. The molecule has 1 aromatic carbocycles. The second-order valence-corrected chi connectivity index (χ2v) is 5.35. The standard InChI is InChI=1S/C12H19NO2S/c1-10(8-15-2)13-12-6-4-5-11(7-12)9-16(3)14/h4-7,10,13H,8-9H2,1-3H3. The van der Waals surface area contributed by atoms with Crippen molar-refractivity contribution in [2.45, 2.75) is 18.7 Å². The van der Waals surface area contributed by atoms with E-state index in [0.29, 0.717) is 12.4 Å². The number of nitrogens with one attached hydrogen (secondary N) is 1. The van der Waals surface area contributed by atoms with Crippen LogP contribution in [0.25, 0.3) is 0 Å². The van der Waals surface area contributed by atoms with Gasteiger partial charge in [0, 0.05) is 41.6 Å². The lowest BCUT2D eigenvalue weighted by molar-refractivity contribution is 0.190. The van der Waals surface area contributed by atoms with Crippen molar-refractivity contribution in [3.8, 4) is 0 Å². The van der Waals surface area contributed by atoms with Crippen molar-refractivity contribution >= 4 is 16.5 Å². The first-order valence-electron chi connectivity index (χ1n) is 5.26.